The Balaban J connectivity index is 0.00000156. The smallest absolute Gasteiger partial charge is 0.326 e. The number of nitrogens with one attached hydrogen (secondary N) is 1. The van der Waals surface area contributed by atoms with Gasteiger partial charge in [-0.3, -0.25) is 4.57 Å². The highest BCUT2D eigenvalue weighted by Gasteiger charge is 2.13. The molecule has 0 aliphatic heterocycles. The summed E-state index contributed by atoms with van der Waals surface area (Å²) in [5.41, 5.74) is 2.46. The average Bonchev–Trinajstić information content (AvgIpc) is 2.83. The predicted molar refractivity (Wildman–Crippen MR) is 108 cm³/mol. The van der Waals surface area contributed by atoms with Crippen LogP contribution in [-0.4, -0.2) is 58.7 Å². The van der Waals surface area contributed by atoms with Gasteiger partial charge in [0.1, 0.15) is 12.1 Å². The fraction of sp³-hybridized carbons (Fsp3) is 0.438. The van der Waals surface area contributed by atoms with Crippen molar-refractivity contribution in [2.24, 2.45) is 0 Å². The molecule has 138 valence electrons. The second-order valence-corrected chi connectivity index (χ2v) is 5.98. The second kappa shape index (κ2) is 8.51. The number of aromatic nitrogens is 4. The van der Waals surface area contributed by atoms with E-state index in [0.29, 0.717) is 6.54 Å². The number of imidazole rings is 1. The van der Waals surface area contributed by atoms with Crippen molar-refractivity contribution in [1.82, 2.24) is 24.4 Å². The van der Waals surface area contributed by atoms with Crippen molar-refractivity contribution in [3.05, 3.63) is 28.9 Å². The number of hydrogen-bond acceptors (Lipinski definition) is 5. The first-order chi connectivity index (χ1) is 11.0. The van der Waals surface area contributed by atoms with Gasteiger partial charge in [0, 0.05) is 32.1 Å². The van der Waals surface area contributed by atoms with Gasteiger partial charge in [0.2, 0.25) is 0 Å². The molecule has 0 unspecified atom stereocenters. The number of halogens is 2. The second-order valence-electron chi connectivity index (χ2n) is 5.98. The van der Waals surface area contributed by atoms with Crippen LogP contribution < -0.4 is 10.6 Å². The monoisotopic (exact) mass is 386 g/mol. The number of nitrogens with zero attached hydrogens (tertiary/aromatic N) is 5. The Morgan fingerprint density at radius 1 is 1.12 bits per heavy atom. The molecule has 3 rings (SSSR count). The molecule has 9 heteroatoms. The van der Waals surface area contributed by atoms with Gasteiger partial charge >= 0.3 is 5.69 Å². The quantitative estimate of drug-likeness (QED) is 0.727. The maximum absolute atomic E-state index is 12.0. The topological polar surface area (TPSA) is 70.1 Å². The number of H-pyrrole nitrogens is 1. The summed E-state index contributed by atoms with van der Waals surface area (Å²) in [6.07, 6.45) is 1.58. The van der Waals surface area contributed by atoms with Crippen LogP contribution in [0.25, 0.3) is 21.9 Å². The molecule has 0 bridgehead atoms. The number of rotatable bonds is 5. The third-order valence-electron chi connectivity index (χ3n) is 4.07. The molecule has 25 heavy (non-hydrogen) atoms. The molecule has 3 aromatic rings. The number of fused-ring (bicyclic) bond motifs is 2. The minimum absolute atomic E-state index is 0. The number of likely N-dealkylation sites (N-methyl/N-ethyl adjacent to an activating group) is 2. The molecule has 2 heterocycles. The lowest BCUT2D eigenvalue weighted by Gasteiger charge is -2.21. The number of anilines is 1. The van der Waals surface area contributed by atoms with Crippen LogP contribution in [-0.2, 0) is 6.54 Å². The molecule has 7 nitrogen and oxygen atoms in total. The molecular formula is C16H24Cl2N6O. The lowest BCUT2D eigenvalue weighted by Crippen LogP contribution is -2.29. The van der Waals surface area contributed by atoms with Crippen molar-refractivity contribution in [3.8, 4) is 0 Å². The van der Waals surface area contributed by atoms with E-state index in [4.69, 9.17) is 0 Å². The Hall–Kier alpha value is -1.83. The van der Waals surface area contributed by atoms with Gasteiger partial charge in [0.05, 0.1) is 16.6 Å². The molecule has 0 amide bonds. The van der Waals surface area contributed by atoms with E-state index in [9.17, 15) is 4.79 Å². The highest BCUT2D eigenvalue weighted by Crippen LogP contribution is 2.26. The minimum Gasteiger partial charge on any atom is -0.358 e. The third kappa shape index (κ3) is 4.05. The van der Waals surface area contributed by atoms with Crippen LogP contribution in [0.15, 0.2) is 23.3 Å². The molecule has 0 radical (unpaired) electrons. The van der Waals surface area contributed by atoms with Gasteiger partial charge in [-0.25, -0.2) is 14.8 Å². The van der Waals surface area contributed by atoms with E-state index in [1.165, 1.54) is 0 Å². The Morgan fingerprint density at radius 3 is 2.48 bits per heavy atom. The van der Waals surface area contributed by atoms with Gasteiger partial charge in [0.25, 0.3) is 0 Å². The van der Waals surface area contributed by atoms with Crippen LogP contribution in [0.2, 0.25) is 0 Å². The summed E-state index contributed by atoms with van der Waals surface area (Å²) in [5, 5.41) is 0.950. The molecular weight excluding hydrogens is 363 g/mol. The number of hydrogen-bond donors (Lipinski definition) is 1. The van der Waals surface area contributed by atoms with Crippen LogP contribution in [0.1, 0.15) is 6.92 Å². The summed E-state index contributed by atoms with van der Waals surface area (Å²) in [6.45, 7) is 4.39. The van der Waals surface area contributed by atoms with E-state index in [-0.39, 0.29) is 30.5 Å². The van der Waals surface area contributed by atoms with Crippen LogP contribution >= 0.6 is 24.8 Å². The normalized spacial score (nSPS) is 10.8. The first kappa shape index (κ1) is 21.2. The number of benzene rings is 1. The van der Waals surface area contributed by atoms with Crippen LogP contribution in [0.4, 0.5) is 5.82 Å². The van der Waals surface area contributed by atoms with Crippen molar-refractivity contribution < 1.29 is 0 Å². The molecule has 0 fully saturated rings. The van der Waals surface area contributed by atoms with E-state index in [1.54, 1.807) is 10.9 Å². The van der Waals surface area contributed by atoms with Gasteiger partial charge in [-0.1, -0.05) is 0 Å². The van der Waals surface area contributed by atoms with Crippen LogP contribution in [0, 0.1) is 0 Å². The first-order valence-corrected chi connectivity index (χ1v) is 7.74. The van der Waals surface area contributed by atoms with Crippen molar-refractivity contribution in [2.75, 3.05) is 39.1 Å². The molecule has 0 aliphatic carbocycles. The Labute approximate surface area is 158 Å². The Morgan fingerprint density at radius 2 is 1.84 bits per heavy atom. The molecule has 1 N–H and O–H groups in total. The van der Waals surface area contributed by atoms with Crippen molar-refractivity contribution in [2.45, 2.75) is 13.5 Å². The molecule has 0 spiro atoms. The zero-order valence-electron chi connectivity index (χ0n) is 14.8. The highest BCUT2D eigenvalue weighted by atomic mass is 35.5. The lowest BCUT2D eigenvalue weighted by atomic mass is 10.2. The summed E-state index contributed by atoms with van der Waals surface area (Å²) < 4.78 is 1.71. The van der Waals surface area contributed by atoms with Crippen molar-refractivity contribution in [1.29, 1.82) is 0 Å². The summed E-state index contributed by atoms with van der Waals surface area (Å²) in [7, 11) is 6.12. The summed E-state index contributed by atoms with van der Waals surface area (Å²) >= 11 is 0. The summed E-state index contributed by atoms with van der Waals surface area (Å²) in [5.74, 6) is 0.879. The van der Waals surface area contributed by atoms with Crippen molar-refractivity contribution in [3.63, 3.8) is 0 Å². The van der Waals surface area contributed by atoms with Gasteiger partial charge < -0.3 is 14.8 Å². The lowest BCUT2D eigenvalue weighted by molar-refractivity contribution is 0.416. The predicted octanol–water partition coefficient (Wildman–Crippen LogP) is 2.13. The van der Waals surface area contributed by atoms with E-state index in [0.717, 1.165) is 40.8 Å². The molecule has 2 aromatic heterocycles. The Bertz CT molecular complexity index is 905. The molecule has 0 saturated carbocycles. The summed E-state index contributed by atoms with van der Waals surface area (Å²) in [6, 6.07) is 3.93. The first-order valence-electron chi connectivity index (χ1n) is 7.74. The molecule has 0 atom stereocenters. The average molecular weight is 387 g/mol. The SMILES string of the molecule is CCn1c(=O)[nH]c2cc3c(N(C)CCN(C)C)ncnc3cc21.Cl.Cl. The fourth-order valence-electron chi connectivity index (χ4n) is 2.77. The molecule has 0 aliphatic rings. The maximum Gasteiger partial charge on any atom is 0.326 e. The zero-order valence-corrected chi connectivity index (χ0v) is 16.4. The van der Waals surface area contributed by atoms with Crippen LogP contribution in [0.3, 0.4) is 0 Å². The van der Waals surface area contributed by atoms with E-state index in [2.05, 4.69) is 24.8 Å². The van der Waals surface area contributed by atoms with Gasteiger partial charge in [-0.2, -0.15) is 0 Å². The standard InChI is InChI=1S/C16H22N6O.2ClH/c1-5-22-14-9-12-11(8-13(14)19-16(22)23)15(18-10-17-12)21(4)7-6-20(2)3;;/h8-10H,5-7H2,1-4H3,(H,19,23);2*1H. The number of aryl methyl sites for hydroxylation is 1. The Kier molecular flexibility index (Phi) is 7.22. The van der Waals surface area contributed by atoms with Gasteiger partial charge in [-0.15, -0.1) is 24.8 Å². The molecule has 1 aromatic carbocycles. The molecule has 0 saturated heterocycles. The van der Waals surface area contributed by atoms with Gasteiger partial charge in [-0.05, 0) is 33.2 Å². The highest BCUT2D eigenvalue weighted by molar-refractivity contribution is 5.98. The van der Waals surface area contributed by atoms with Gasteiger partial charge in [0.15, 0.2) is 0 Å². The largest absolute Gasteiger partial charge is 0.358 e. The minimum atomic E-state index is -0.0896. The summed E-state index contributed by atoms with van der Waals surface area (Å²) in [4.78, 5) is 28.0. The number of aromatic amines is 1. The van der Waals surface area contributed by atoms with E-state index in [1.807, 2.05) is 40.2 Å². The third-order valence-corrected chi connectivity index (χ3v) is 4.07. The fourth-order valence-corrected chi connectivity index (χ4v) is 2.77. The van der Waals surface area contributed by atoms with E-state index >= 15 is 0 Å². The van der Waals surface area contributed by atoms with Crippen molar-refractivity contribution >= 4 is 52.6 Å². The maximum atomic E-state index is 12.0. The zero-order chi connectivity index (χ0) is 16.6. The van der Waals surface area contributed by atoms with E-state index < -0.39 is 0 Å². The van der Waals surface area contributed by atoms with Crippen LogP contribution in [0.5, 0.6) is 0 Å².